The Morgan fingerprint density at radius 2 is 1.60 bits per heavy atom. The van der Waals surface area contributed by atoms with Crippen LogP contribution in [0.2, 0.25) is 0 Å². The first-order valence-electron chi connectivity index (χ1n) is 6.74. The van der Waals surface area contributed by atoms with Gasteiger partial charge in [-0.05, 0) is 56.8 Å². The number of aliphatic hydroxyl groups is 1. The van der Waals surface area contributed by atoms with Gasteiger partial charge in [-0.15, -0.1) is 0 Å². The first-order valence-corrected chi connectivity index (χ1v) is 6.74. The van der Waals surface area contributed by atoms with Gasteiger partial charge < -0.3 is 5.11 Å². The molecule has 0 heterocycles. The topological polar surface area (TPSA) is 20.2 Å². The van der Waals surface area contributed by atoms with E-state index in [1.54, 1.807) is 0 Å². The Morgan fingerprint density at radius 1 is 1.07 bits per heavy atom. The molecule has 1 atom stereocenters. The van der Waals surface area contributed by atoms with Crippen LogP contribution in [0.1, 0.15) is 64.7 Å². The van der Waals surface area contributed by atoms with Gasteiger partial charge in [-0.25, -0.2) is 0 Å². The summed E-state index contributed by atoms with van der Waals surface area (Å²) in [4.78, 5) is 0. The Morgan fingerprint density at radius 3 is 2.07 bits per heavy atom. The van der Waals surface area contributed by atoms with E-state index in [4.69, 9.17) is 0 Å². The van der Waals surface area contributed by atoms with E-state index in [0.29, 0.717) is 11.3 Å². The van der Waals surface area contributed by atoms with E-state index in [1.165, 1.54) is 57.8 Å². The summed E-state index contributed by atoms with van der Waals surface area (Å²) in [6, 6.07) is 0. The van der Waals surface area contributed by atoms with Gasteiger partial charge in [0.1, 0.15) is 7.85 Å². The lowest BCUT2D eigenvalue weighted by Crippen LogP contribution is -2.40. The minimum Gasteiger partial charge on any atom is -0.399 e. The highest BCUT2D eigenvalue weighted by Gasteiger charge is 2.39. The second kappa shape index (κ2) is 4.12. The lowest BCUT2D eigenvalue weighted by atomic mass is 9.58. The van der Waals surface area contributed by atoms with Gasteiger partial charge >= 0.3 is 0 Å². The molecule has 0 radical (unpaired) electrons. The fourth-order valence-electron chi connectivity index (χ4n) is 3.74. The van der Waals surface area contributed by atoms with Gasteiger partial charge in [-0.1, -0.05) is 19.3 Å². The average molecular weight is 208 g/mol. The van der Waals surface area contributed by atoms with Crippen molar-refractivity contribution >= 4 is 7.85 Å². The molecule has 1 spiro atoms. The van der Waals surface area contributed by atoms with Crippen LogP contribution in [0.4, 0.5) is 0 Å². The standard InChI is InChI=1S/C13H25BO/c1-12(14,15)11-5-9-13(10-6-11)7-3-2-4-8-13/h11,15H,2-10,14H2,1H3. The van der Waals surface area contributed by atoms with Crippen LogP contribution in [0.25, 0.3) is 0 Å². The summed E-state index contributed by atoms with van der Waals surface area (Å²) in [6.45, 7) is 1.98. The summed E-state index contributed by atoms with van der Waals surface area (Å²) in [7, 11) is 1.98. The van der Waals surface area contributed by atoms with Gasteiger partial charge in [-0.2, -0.15) is 0 Å². The minimum atomic E-state index is -0.448. The van der Waals surface area contributed by atoms with Gasteiger partial charge in [0.25, 0.3) is 0 Å². The third-order valence-corrected chi connectivity index (χ3v) is 4.96. The zero-order valence-electron chi connectivity index (χ0n) is 10.4. The molecule has 15 heavy (non-hydrogen) atoms. The molecule has 1 nitrogen and oxygen atoms in total. The van der Waals surface area contributed by atoms with Crippen LogP contribution in [0.5, 0.6) is 0 Å². The molecule has 2 aliphatic rings. The fraction of sp³-hybridized carbons (Fsp3) is 1.00. The largest absolute Gasteiger partial charge is 0.399 e. The summed E-state index contributed by atoms with van der Waals surface area (Å²) in [5.74, 6) is 0.546. The minimum absolute atomic E-state index is 0.448. The SMILES string of the molecule is BC(C)(O)C1CCC2(CCCCC2)CC1. The summed E-state index contributed by atoms with van der Waals surface area (Å²) >= 11 is 0. The van der Waals surface area contributed by atoms with Crippen molar-refractivity contribution in [1.29, 1.82) is 0 Å². The zero-order valence-corrected chi connectivity index (χ0v) is 10.4. The highest BCUT2D eigenvalue weighted by atomic mass is 16.3. The Bertz CT molecular complexity index is 203. The monoisotopic (exact) mass is 208 g/mol. The van der Waals surface area contributed by atoms with E-state index >= 15 is 0 Å². The number of rotatable bonds is 1. The maximum Gasteiger partial charge on any atom is 0.142 e. The molecule has 0 aromatic carbocycles. The first-order chi connectivity index (χ1) is 7.02. The highest BCUT2D eigenvalue weighted by molar-refractivity contribution is 6.14. The predicted octanol–water partition coefficient (Wildman–Crippen LogP) is 2.47. The van der Waals surface area contributed by atoms with E-state index in [-0.39, 0.29) is 0 Å². The van der Waals surface area contributed by atoms with Crippen molar-refractivity contribution < 1.29 is 5.11 Å². The summed E-state index contributed by atoms with van der Waals surface area (Å²) in [5, 5.41) is 10.0. The zero-order chi connectivity index (χ0) is 10.9. The van der Waals surface area contributed by atoms with Crippen molar-refractivity contribution in [2.45, 2.75) is 70.2 Å². The lowest BCUT2D eigenvalue weighted by Gasteiger charge is -2.45. The van der Waals surface area contributed by atoms with Crippen LogP contribution in [-0.4, -0.2) is 18.5 Å². The summed E-state index contributed by atoms with van der Waals surface area (Å²) < 4.78 is 0. The Hall–Kier alpha value is 0.0249. The molecule has 2 fully saturated rings. The molecule has 1 N–H and O–H groups in total. The number of hydrogen-bond acceptors (Lipinski definition) is 1. The molecule has 0 aromatic rings. The van der Waals surface area contributed by atoms with Crippen molar-refractivity contribution in [1.82, 2.24) is 0 Å². The molecular formula is C13H25BO. The maximum absolute atomic E-state index is 10.0. The summed E-state index contributed by atoms with van der Waals surface area (Å²) in [6.07, 6.45) is 12.5. The van der Waals surface area contributed by atoms with E-state index in [9.17, 15) is 5.11 Å². The molecule has 0 aromatic heterocycles. The fourth-order valence-corrected chi connectivity index (χ4v) is 3.74. The van der Waals surface area contributed by atoms with E-state index < -0.39 is 5.50 Å². The van der Waals surface area contributed by atoms with Crippen LogP contribution in [0.15, 0.2) is 0 Å². The Balaban J connectivity index is 1.91. The van der Waals surface area contributed by atoms with Crippen LogP contribution < -0.4 is 0 Å². The molecular weight excluding hydrogens is 183 g/mol. The quantitative estimate of drug-likeness (QED) is 0.656. The molecule has 2 heteroatoms. The van der Waals surface area contributed by atoms with Crippen molar-refractivity contribution in [3.8, 4) is 0 Å². The van der Waals surface area contributed by atoms with Crippen molar-refractivity contribution in [3.05, 3.63) is 0 Å². The second-order valence-electron chi connectivity index (χ2n) is 6.49. The third-order valence-electron chi connectivity index (χ3n) is 4.96. The Kier molecular flexibility index (Phi) is 3.16. The molecule has 0 saturated heterocycles. The highest BCUT2D eigenvalue weighted by Crippen LogP contribution is 2.50. The predicted molar refractivity (Wildman–Crippen MR) is 66.6 cm³/mol. The molecule has 1 unspecified atom stereocenters. The Labute approximate surface area is 95.1 Å². The molecule has 0 aliphatic heterocycles. The van der Waals surface area contributed by atoms with Crippen molar-refractivity contribution in [3.63, 3.8) is 0 Å². The number of hydrogen-bond donors (Lipinski definition) is 1. The molecule has 0 amide bonds. The molecule has 2 aliphatic carbocycles. The van der Waals surface area contributed by atoms with Crippen LogP contribution >= 0.6 is 0 Å². The van der Waals surface area contributed by atoms with Crippen molar-refractivity contribution in [2.24, 2.45) is 11.3 Å². The molecule has 86 valence electrons. The first kappa shape index (κ1) is 11.5. The van der Waals surface area contributed by atoms with Gasteiger partial charge in [0.15, 0.2) is 0 Å². The van der Waals surface area contributed by atoms with Gasteiger partial charge in [0, 0.05) is 5.50 Å². The second-order valence-corrected chi connectivity index (χ2v) is 6.49. The van der Waals surface area contributed by atoms with Gasteiger partial charge in [0.2, 0.25) is 0 Å². The van der Waals surface area contributed by atoms with Crippen LogP contribution in [0, 0.1) is 11.3 Å². The van der Waals surface area contributed by atoms with Crippen molar-refractivity contribution in [2.75, 3.05) is 0 Å². The molecule has 2 saturated carbocycles. The van der Waals surface area contributed by atoms with E-state index in [2.05, 4.69) is 0 Å². The lowest BCUT2D eigenvalue weighted by molar-refractivity contribution is 0.0144. The normalized spacial score (nSPS) is 31.3. The smallest absolute Gasteiger partial charge is 0.142 e. The van der Waals surface area contributed by atoms with Crippen LogP contribution in [0.3, 0.4) is 0 Å². The molecule has 2 rings (SSSR count). The maximum atomic E-state index is 10.0. The average Bonchev–Trinajstić information content (AvgIpc) is 2.18. The summed E-state index contributed by atoms with van der Waals surface area (Å²) in [5.41, 5.74) is 0.246. The van der Waals surface area contributed by atoms with Crippen LogP contribution in [-0.2, 0) is 0 Å². The van der Waals surface area contributed by atoms with E-state index in [0.717, 1.165) is 0 Å². The van der Waals surface area contributed by atoms with Gasteiger partial charge in [0.05, 0.1) is 0 Å². The van der Waals surface area contributed by atoms with E-state index in [1.807, 2.05) is 14.8 Å². The molecule has 0 bridgehead atoms. The third kappa shape index (κ3) is 2.58. The van der Waals surface area contributed by atoms with Gasteiger partial charge in [-0.3, -0.25) is 0 Å².